The summed E-state index contributed by atoms with van der Waals surface area (Å²) in [5.74, 6) is -0.634. The number of carbonyl (C=O) groups excluding carboxylic acids is 1. The van der Waals surface area contributed by atoms with Crippen LogP contribution >= 0.6 is 0 Å². The second-order valence-corrected chi connectivity index (χ2v) is 8.19. The van der Waals surface area contributed by atoms with E-state index in [-0.39, 0.29) is 17.1 Å². The molecule has 9 heteroatoms. The Morgan fingerprint density at radius 2 is 1.91 bits per heavy atom. The van der Waals surface area contributed by atoms with Gasteiger partial charge in [0.25, 0.3) is 5.56 Å². The standard InChI is InChI=1S/C24H21FN4O4/c1-33-23(31)17-9-7-15(8-10-17)12-27-14-26-21-20(27)22(30)28(13-16-5-6-16)24(32)29(21)19-4-2-3-18(25)11-19/h2-4,7-11,14,16H,5-6,12-13H2,1H3. The number of rotatable bonds is 6. The average molecular weight is 448 g/mol. The summed E-state index contributed by atoms with van der Waals surface area (Å²) in [7, 11) is 1.32. The summed E-state index contributed by atoms with van der Waals surface area (Å²) in [6.07, 6.45) is 3.43. The number of esters is 1. The molecule has 2 heterocycles. The number of imidazole rings is 1. The van der Waals surface area contributed by atoms with Gasteiger partial charge in [-0.2, -0.15) is 0 Å². The van der Waals surface area contributed by atoms with Gasteiger partial charge in [-0.1, -0.05) is 18.2 Å². The van der Waals surface area contributed by atoms with Crippen LogP contribution < -0.4 is 11.2 Å². The Labute approximate surface area is 187 Å². The fraction of sp³-hybridized carbons (Fsp3) is 0.250. The second kappa shape index (κ2) is 8.16. The first-order chi connectivity index (χ1) is 16.0. The Bertz CT molecular complexity index is 1480. The lowest BCUT2D eigenvalue weighted by atomic mass is 10.1. The summed E-state index contributed by atoms with van der Waals surface area (Å²) < 4.78 is 22.9. The van der Waals surface area contributed by atoms with Gasteiger partial charge < -0.3 is 9.30 Å². The number of halogens is 1. The number of benzene rings is 2. The van der Waals surface area contributed by atoms with Gasteiger partial charge >= 0.3 is 11.7 Å². The molecule has 4 aromatic rings. The summed E-state index contributed by atoms with van der Waals surface area (Å²) in [5, 5.41) is 0. The Balaban J connectivity index is 1.65. The summed E-state index contributed by atoms with van der Waals surface area (Å²) in [5.41, 5.74) is 1.05. The largest absolute Gasteiger partial charge is 0.465 e. The van der Waals surface area contributed by atoms with Crippen LogP contribution in [-0.2, 0) is 17.8 Å². The normalized spacial score (nSPS) is 13.4. The van der Waals surface area contributed by atoms with Crippen LogP contribution in [0.3, 0.4) is 0 Å². The zero-order valence-electron chi connectivity index (χ0n) is 17.9. The number of carbonyl (C=O) groups is 1. The predicted molar refractivity (Wildman–Crippen MR) is 119 cm³/mol. The molecule has 0 atom stereocenters. The first kappa shape index (κ1) is 20.9. The van der Waals surface area contributed by atoms with Crippen LogP contribution in [0, 0.1) is 11.7 Å². The fourth-order valence-corrected chi connectivity index (χ4v) is 3.93. The molecule has 0 spiro atoms. The molecule has 2 aromatic heterocycles. The SMILES string of the molecule is COC(=O)c1ccc(Cn2cnc3c2c(=O)n(CC2CC2)c(=O)n3-c2cccc(F)c2)cc1. The van der Waals surface area contributed by atoms with Crippen LogP contribution in [0.2, 0.25) is 0 Å². The molecule has 1 aliphatic carbocycles. The van der Waals surface area contributed by atoms with Crippen LogP contribution in [0.1, 0.15) is 28.8 Å². The zero-order valence-corrected chi connectivity index (χ0v) is 17.9. The molecule has 1 saturated carbocycles. The minimum Gasteiger partial charge on any atom is -0.465 e. The first-order valence-electron chi connectivity index (χ1n) is 10.6. The Morgan fingerprint density at radius 3 is 2.58 bits per heavy atom. The van der Waals surface area contributed by atoms with Gasteiger partial charge in [0.15, 0.2) is 11.2 Å². The number of hydrogen-bond acceptors (Lipinski definition) is 5. The molecule has 1 fully saturated rings. The van der Waals surface area contributed by atoms with E-state index in [1.54, 1.807) is 34.9 Å². The van der Waals surface area contributed by atoms with Crippen molar-refractivity contribution in [1.82, 2.24) is 18.7 Å². The van der Waals surface area contributed by atoms with E-state index in [4.69, 9.17) is 4.74 Å². The molecular weight excluding hydrogens is 427 g/mol. The van der Waals surface area contributed by atoms with Gasteiger partial charge in [0.1, 0.15) is 5.82 Å². The number of fused-ring (bicyclic) bond motifs is 1. The van der Waals surface area contributed by atoms with Crippen LogP contribution in [0.25, 0.3) is 16.9 Å². The molecule has 2 aromatic carbocycles. The van der Waals surface area contributed by atoms with Crippen molar-refractivity contribution in [3.63, 3.8) is 0 Å². The van der Waals surface area contributed by atoms with Crippen molar-refractivity contribution in [2.24, 2.45) is 5.92 Å². The van der Waals surface area contributed by atoms with Crippen LogP contribution in [0.4, 0.5) is 4.39 Å². The maximum absolute atomic E-state index is 13.9. The van der Waals surface area contributed by atoms with Crippen LogP contribution in [-0.4, -0.2) is 31.8 Å². The van der Waals surface area contributed by atoms with Crippen LogP contribution in [0.15, 0.2) is 64.4 Å². The summed E-state index contributed by atoms with van der Waals surface area (Å²) >= 11 is 0. The predicted octanol–water partition coefficient (Wildman–Crippen LogP) is 2.73. The lowest BCUT2D eigenvalue weighted by molar-refractivity contribution is 0.0600. The van der Waals surface area contributed by atoms with E-state index in [1.807, 2.05) is 0 Å². The van der Waals surface area contributed by atoms with Gasteiger partial charge in [-0.15, -0.1) is 0 Å². The highest BCUT2D eigenvalue weighted by atomic mass is 19.1. The first-order valence-corrected chi connectivity index (χ1v) is 10.6. The average Bonchev–Trinajstić information content (AvgIpc) is 3.55. The van der Waals surface area contributed by atoms with Crippen molar-refractivity contribution in [3.8, 4) is 5.69 Å². The Morgan fingerprint density at radius 1 is 1.15 bits per heavy atom. The number of ether oxygens (including phenoxy) is 1. The minimum absolute atomic E-state index is 0.175. The van der Waals surface area contributed by atoms with Crippen molar-refractivity contribution >= 4 is 17.1 Å². The molecule has 0 saturated heterocycles. The third-order valence-corrected chi connectivity index (χ3v) is 5.83. The third kappa shape index (κ3) is 3.86. The molecule has 1 aliphatic rings. The maximum atomic E-state index is 13.9. The van der Waals surface area contributed by atoms with E-state index < -0.39 is 23.0 Å². The van der Waals surface area contributed by atoms with Crippen molar-refractivity contribution in [2.75, 3.05) is 7.11 Å². The number of aromatic nitrogens is 4. The van der Waals surface area contributed by atoms with E-state index in [2.05, 4.69) is 4.98 Å². The topological polar surface area (TPSA) is 88.1 Å². The van der Waals surface area contributed by atoms with Gasteiger partial charge in [0.2, 0.25) is 0 Å². The van der Waals surface area contributed by atoms with E-state index in [1.165, 1.54) is 40.8 Å². The summed E-state index contributed by atoms with van der Waals surface area (Å²) in [4.78, 5) is 42.7. The van der Waals surface area contributed by atoms with Gasteiger partial charge in [-0.3, -0.25) is 9.36 Å². The number of hydrogen-bond donors (Lipinski definition) is 0. The van der Waals surface area contributed by atoms with Gasteiger partial charge in [0, 0.05) is 13.1 Å². The van der Waals surface area contributed by atoms with E-state index >= 15 is 0 Å². The van der Waals surface area contributed by atoms with Crippen molar-refractivity contribution < 1.29 is 13.9 Å². The van der Waals surface area contributed by atoms with Crippen LogP contribution in [0.5, 0.6) is 0 Å². The molecule has 0 N–H and O–H groups in total. The van der Waals surface area contributed by atoms with E-state index in [0.717, 1.165) is 18.4 Å². The third-order valence-electron chi connectivity index (χ3n) is 5.83. The highest BCUT2D eigenvalue weighted by Gasteiger charge is 2.26. The van der Waals surface area contributed by atoms with E-state index in [9.17, 15) is 18.8 Å². The minimum atomic E-state index is -0.530. The van der Waals surface area contributed by atoms with Crippen molar-refractivity contribution in [3.05, 3.63) is 92.6 Å². The molecule has 0 bridgehead atoms. The Kier molecular flexibility index (Phi) is 5.16. The molecule has 0 amide bonds. The zero-order chi connectivity index (χ0) is 23.1. The highest BCUT2D eigenvalue weighted by Crippen LogP contribution is 2.30. The molecule has 5 rings (SSSR count). The molecule has 0 aliphatic heterocycles. The molecule has 0 radical (unpaired) electrons. The molecule has 0 unspecified atom stereocenters. The van der Waals surface area contributed by atoms with Crippen molar-refractivity contribution in [1.29, 1.82) is 0 Å². The fourth-order valence-electron chi connectivity index (χ4n) is 3.93. The summed E-state index contributed by atoms with van der Waals surface area (Å²) in [6, 6.07) is 12.5. The molecule has 8 nitrogen and oxygen atoms in total. The maximum Gasteiger partial charge on any atom is 0.337 e. The molecular formula is C24H21FN4O4. The number of nitrogens with zero attached hydrogens (tertiary/aromatic N) is 4. The molecule has 168 valence electrons. The quantitative estimate of drug-likeness (QED) is 0.423. The molecule has 33 heavy (non-hydrogen) atoms. The lowest BCUT2D eigenvalue weighted by Gasteiger charge is -2.13. The number of methoxy groups -OCH3 is 1. The second-order valence-electron chi connectivity index (χ2n) is 8.19. The van der Waals surface area contributed by atoms with Gasteiger partial charge in [0.05, 0.1) is 24.7 Å². The van der Waals surface area contributed by atoms with Gasteiger partial charge in [-0.05, 0) is 54.7 Å². The highest BCUT2D eigenvalue weighted by molar-refractivity contribution is 5.89. The monoisotopic (exact) mass is 448 g/mol. The Hall–Kier alpha value is -4.01. The smallest absolute Gasteiger partial charge is 0.337 e. The van der Waals surface area contributed by atoms with Gasteiger partial charge in [-0.25, -0.2) is 23.5 Å². The van der Waals surface area contributed by atoms with Crippen molar-refractivity contribution in [2.45, 2.75) is 25.9 Å². The van der Waals surface area contributed by atoms with E-state index in [0.29, 0.717) is 24.3 Å². The lowest BCUT2D eigenvalue weighted by Crippen LogP contribution is -2.40. The summed E-state index contributed by atoms with van der Waals surface area (Å²) in [6.45, 7) is 0.625.